The van der Waals surface area contributed by atoms with Crippen LogP contribution in [0.5, 0.6) is 0 Å². The molecule has 11 nitrogen and oxygen atoms in total. The average molecular weight is 577 g/mol. The first-order chi connectivity index (χ1) is 18.0. The Balaban J connectivity index is 1.63. The molecule has 1 saturated heterocycles. The Morgan fingerprint density at radius 1 is 1.21 bits per heavy atom. The molecule has 1 fully saturated rings. The lowest BCUT2D eigenvalue weighted by Crippen LogP contribution is -2.45. The van der Waals surface area contributed by atoms with Gasteiger partial charge in [-0.3, -0.25) is 19.8 Å². The fourth-order valence-electron chi connectivity index (χ4n) is 3.90. The molecule has 0 saturated carbocycles. The molecule has 38 heavy (non-hydrogen) atoms. The van der Waals surface area contributed by atoms with Crippen LogP contribution in [-0.2, 0) is 33.2 Å². The highest BCUT2D eigenvalue weighted by molar-refractivity contribution is 7.90. The number of hydrogen-bond donors (Lipinski definition) is 1. The van der Waals surface area contributed by atoms with Crippen molar-refractivity contribution in [3.8, 4) is 0 Å². The van der Waals surface area contributed by atoms with Gasteiger partial charge in [-0.15, -0.1) is 4.40 Å². The second-order valence-electron chi connectivity index (χ2n) is 8.60. The number of nitrogens with one attached hydrogen (secondary N) is 1. The van der Waals surface area contributed by atoms with E-state index in [1.54, 1.807) is 55.3 Å². The van der Waals surface area contributed by atoms with Gasteiger partial charge in [-0.2, -0.15) is 8.42 Å². The standard InChI is InChI=1S/C24H25ClN6O5S2/c1-4-30-23(33)19(13-21(32)26-17-9-7-16(25)8-10-17)31(24(30)37)14-20-22(36-28-29(20)3)27-38(34,35)18-11-5-15(2)6-12-18/h5-12,19H,4,13-14H2,1-3H3,(H,26,32)/b27-22-. The smallest absolute Gasteiger partial charge is 0.289 e. The molecule has 14 heteroatoms. The van der Waals surface area contributed by atoms with E-state index in [9.17, 15) is 18.0 Å². The summed E-state index contributed by atoms with van der Waals surface area (Å²) in [5.74, 6) is -0.744. The fourth-order valence-corrected chi connectivity index (χ4v) is 5.38. The molecular weight excluding hydrogens is 552 g/mol. The number of nitrogens with zero attached hydrogens (tertiary/aromatic N) is 5. The summed E-state index contributed by atoms with van der Waals surface area (Å²) in [6.45, 7) is 3.85. The van der Waals surface area contributed by atoms with Crippen molar-refractivity contribution < 1.29 is 27.2 Å². The van der Waals surface area contributed by atoms with Gasteiger partial charge in [0.25, 0.3) is 27.2 Å². The summed E-state index contributed by atoms with van der Waals surface area (Å²) in [6, 6.07) is 11.9. The number of aromatic nitrogens is 2. The quantitative estimate of drug-likeness (QED) is 0.316. The Bertz CT molecular complexity index is 1550. The van der Waals surface area contributed by atoms with Crippen molar-refractivity contribution in [2.45, 2.75) is 37.8 Å². The monoisotopic (exact) mass is 576 g/mol. The second kappa shape index (κ2) is 11.1. The Kier molecular flexibility index (Phi) is 7.99. The van der Waals surface area contributed by atoms with Crippen molar-refractivity contribution in [1.82, 2.24) is 15.1 Å². The molecule has 1 N–H and O–H groups in total. The molecule has 2 heterocycles. The molecule has 0 radical (unpaired) electrons. The van der Waals surface area contributed by atoms with Crippen molar-refractivity contribution in [3.05, 3.63) is 70.4 Å². The van der Waals surface area contributed by atoms with Gasteiger partial charge < -0.3 is 14.7 Å². The number of anilines is 1. The number of carbonyl (C=O) groups is 2. The minimum absolute atomic E-state index is 0.00567. The van der Waals surface area contributed by atoms with E-state index in [1.807, 2.05) is 6.92 Å². The van der Waals surface area contributed by atoms with E-state index in [1.165, 1.54) is 21.7 Å². The summed E-state index contributed by atoms with van der Waals surface area (Å²) in [4.78, 5) is 28.9. The minimum Gasteiger partial charge on any atom is -0.486 e. The number of halogens is 1. The van der Waals surface area contributed by atoms with Crippen LogP contribution in [0.1, 0.15) is 24.6 Å². The van der Waals surface area contributed by atoms with Crippen LogP contribution in [0.25, 0.3) is 0 Å². The second-order valence-corrected chi connectivity index (χ2v) is 11.0. The zero-order valence-corrected chi connectivity index (χ0v) is 23.2. The maximum atomic E-state index is 13.2. The van der Waals surface area contributed by atoms with Gasteiger partial charge in [0.15, 0.2) is 5.11 Å². The van der Waals surface area contributed by atoms with E-state index in [-0.39, 0.29) is 40.1 Å². The number of aryl methyl sites for hydroxylation is 2. The first-order valence-electron chi connectivity index (χ1n) is 11.6. The number of hydrogen-bond acceptors (Lipinski definition) is 6. The van der Waals surface area contributed by atoms with Crippen LogP contribution < -0.4 is 20.8 Å². The van der Waals surface area contributed by atoms with Crippen LogP contribution in [0.2, 0.25) is 5.02 Å². The van der Waals surface area contributed by atoms with E-state index in [0.717, 1.165) is 5.56 Å². The maximum Gasteiger partial charge on any atom is 0.289 e. The lowest BCUT2D eigenvalue weighted by molar-refractivity contribution is -0.752. The summed E-state index contributed by atoms with van der Waals surface area (Å²) in [5, 5.41) is 7.28. The van der Waals surface area contributed by atoms with Gasteiger partial charge in [0.05, 0.1) is 11.3 Å². The molecule has 0 bridgehead atoms. The number of rotatable bonds is 8. The van der Waals surface area contributed by atoms with Gasteiger partial charge in [-0.25, -0.2) is 4.68 Å². The fraction of sp³-hybridized carbons (Fsp3) is 0.292. The first-order valence-corrected chi connectivity index (χ1v) is 13.8. The third kappa shape index (κ3) is 5.79. The highest BCUT2D eigenvalue weighted by Gasteiger charge is 2.44. The van der Waals surface area contributed by atoms with Crippen LogP contribution in [0.3, 0.4) is 0 Å². The van der Waals surface area contributed by atoms with Gasteiger partial charge in [0.1, 0.15) is 19.6 Å². The van der Waals surface area contributed by atoms with E-state index < -0.39 is 22.0 Å². The molecular formula is C24H25ClN6O5S2. The summed E-state index contributed by atoms with van der Waals surface area (Å²) in [6.07, 6.45) is -0.193. The first kappa shape index (κ1) is 27.5. The number of carbonyl (C=O) groups excluding carboxylic acids is 2. The molecule has 4 rings (SSSR count). The van der Waals surface area contributed by atoms with Gasteiger partial charge in [0.2, 0.25) is 5.91 Å². The number of benzene rings is 2. The Morgan fingerprint density at radius 3 is 2.50 bits per heavy atom. The molecule has 1 aromatic heterocycles. The zero-order chi connectivity index (χ0) is 27.6. The third-order valence-electron chi connectivity index (χ3n) is 5.96. The van der Waals surface area contributed by atoms with E-state index in [0.29, 0.717) is 17.3 Å². The molecule has 1 aliphatic heterocycles. The van der Waals surface area contributed by atoms with Gasteiger partial charge in [-0.05, 0) is 62.5 Å². The van der Waals surface area contributed by atoms with Crippen molar-refractivity contribution in [2.75, 3.05) is 11.9 Å². The van der Waals surface area contributed by atoms with Crippen LogP contribution in [0.15, 0.2) is 62.3 Å². The third-order valence-corrected chi connectivity index (χ3v) is 7.94. The van der Waals surface area contributed by atoms with Crippen LogP contribution in [0.4, 0.5) is 5.69 Å². The van der Waals surface area contributed by atoms with Crippen molar-refractivity contribution >= 4 is 56.5 Å². The normalized spacial score (nSPS) is 16.4. The summed E-state index contributed by atoms with van der Waals surface area (Å²) >= 11 is 11.4. The van der Waals surface area contributed by atoms with Crippen LogP contribution in [0, 0.1) is 6.92 Å². The summed E-state index contributed by atoms with van der Waals surface area (Å²) in [7, 11) is -2.55. The van der Waals surface area contributed by atoms with Crippen molar-refractivity contribution in [1.29, 1.82) is 0 Å². The van der Waals surface area contributed by atoms with Gasteiger partial charge >= 0.3 is 0 Å². The molecule has 1 unspecified atom stereocenters. The number of sulfonamides is 1. The number of amides is 2. The predicted molar refractivity (Wildman–Crippen MR) is 141 cm³/mol. The maximum absolute atomic E-state index is 13.2. The van der Waals surface area contributed by atoms with Crippen LogP contribution >= 0.6 is 23.8 Å². The van der Waals surface area contributed by atoms with Crippen molar-refractivity contribution in [2.24, 2.45) is 11.4 Å². The molecule has 3 aromatic rings. The Morgan fingerprint density at radius 2 is 1.87 bits per heavy atom. The Labute approximate surface area is 229 Å². The molecule has 1 aliphatic rings. The minimum atomic E-state index is -4.11. The molecule has 2 amide bonds. The molecule has 1 atom stereocenters. The van der Waals surface area contributed by atoms with Crippen molar-refractivity contribution in [3.63, 3.8) is 0 Å². The highest BCUT2D eigenvalue weighted by Crippen LogP contribution is 2.23. The lowest BCUT2D eigenvalue weighted by atomic mass is 10.1. The SMILES string of the molecule is CCN1C(=O)C(CC(=O)Nc2ccc(Cl)cc2)N(Cc2/c(=N/S(=O)(=O)c3ccc(C)cc3)o[n-][n+]2C)C1=S. The van der Waals surface area contributed by atoms with Crippen LogP contribution in [-0.4, -0.2) is 47.7 Å². The highest BCUT2D eigenvalue weighted by atomic mass is 35.5. The van der Waals surface area contributed by atoms with Gasteiger partial charge in [0, 0.05) is 17.3 Å². The average Bonchev–Trinajstić information content (AvgIpc) is 3.31. The number of likely N-dealkylation sites (N-methyl/N-ethyl adjacent to an activating group) is 1. The Hall–Kier alpha value is -3.55. The predicted octanol–water partition coefficient (Wildman–Crippen LogP) is 1.66. The zero-order valence-electron chi connectivity index (χ0n) is 20.8. The molecule has 0 spiro atoms. The summed E-state index contributed by atoms with van der Waals surface area (Å²) < 4.78 is 36.2. The van der Waals surface area contributed by atoms with E-state index in [2.05, 4.69) is 15.0 Å². The van der Waals surface area contributed by atoms with E-state index in [4.69, 9.17) is 28.3 Å². The topological polar surface area (TPSA) is 130 Å². The van der Waals surface area contributed by atoms with Gasteiger partial charge in [-0.1, -0.05) is 29.3 Å². The largest absolute Gasteiger partial charge is 0.486 e. The molecule has 200 valence electrons. The summed E-state index contributed by atoms with van der Waals surface area (Å²) in [5.41, 5.74) is 1.44. The van der Waals surface area contributed by atoms with E-state index >= 15 is 0 Å². The number of thiocarbonyl (C=S) groups is 1. The molecule has 0 aliphatic carbocycles. The molecule has 2 aromatic carbocycles. The lowest BCUT2D eigenvalue weighted by Gasteiger charge is -2.22.